The number of benzene rings is 2. The summed E-state index contributed by atoms with van der Waals surface area (Å²) in [6.07, 6.45) is 3.88. The van der Waals surface area contributed by atoms with Gasteiger partial charge in [0.2, 0.25) is 0 Å². The van der Waals surface area contributed by atoms with Crippen LogP contribution in [0.1, 0.15) is 36.5 Å². The Bertz CT molecular complexity index is 954. The molecule has 4 aromatic rings. The first-order valence-corrected chi connectivity index (χ1v) is 10.9. The minimum absolute atomic E-state index is 0. The Labute approximate surface area is 215 Å². The molecule has 0 nitrogen and oxygen atoms in total. The summed E-state index contributed by atoms with van der Waals surface area (Å²) in [6, 6.07) is 28.4. The third-order valence-electron chi connectivity index (χ3n) is 4.99. The van der Waals surface area contributed by atoms with Crippen LogP contribution < -0.4 is 35.4 Å². The van der Waals surface area contributed by atoms with Crippen LogP contribution in [0.3, 0.4) is 0 Å². The zero-order chi connectivity index (χ0) is 19.1. The molecule has 0 amide bonds. The summed E-state index contributed by atoms with van der Waals surface area (Å²) in [4.78, 5) is 0. The van der Waals surface area contributed by atoms with E-state index in [-0.39, 0.29) is 50.7 Å². The Morgan fingerprint density at radius 2 is 1.60 bits per heavy atom. The van der Waals surface area contributed by atoms with E-state index in [0.717, 1.165) is 8.58 Å². The van der Waals surface area contributed by atoms with Gasteiger partial charge in [-0.15, -0.1) is 40.3 Å². The average molecular weight is 622 g/mol. The Kier molecular flexibility index (Phi) is 14.8. The molecule has 0 heterocycles. The third-order valence-corrected chi connectivity index (χ3v) is 6.40. The van der Waals surface area contributed by atoms with Crippen LogP contribution in [0.15, 0.2) is 78.9 Å². The van der Waals surface area contributed by atoms with Gasteiger partial charge in [-0.1, -0.05) is 72.0 Å². The monoisotopic (exact) mass is 622 g/mol. The maximum atomic E-state index is 2.31. The van der Waals surface area contributed by atoms with Crippen molar-refractivity contribution in [2.24, 2.45) is 0 Å². The molecule has 0 bridgehead atoms. The van der Waals surface area contributed by atoms with E-state index >= 15 is 0 Å². The van der Waals surface area contributed by atoms with Gasteiger partial charge in [-0.25, -0.2) is 12.1 Å². The molecule has 0 fully saturated rings. The van der Waals surface area contributed by atoms with E-state index in [9.17, 15) is 0 Å². The smallest absolute Gasteiger partial charge is 1.00 e. The van der Waals surface area contributed by atoms with Crippen LogP contribution in [-0.4, -0.2) is 0 Å². The standard InChI is InChI=1S/C16H14P.C10H15.2ClH.Hf/c1-12-6-2-5-9-16(12)17-15-10-13-7-3-4-8-14(13)11-15;1-3-4-7-10-8-5-6-9(10)2;;;/h2-11,17H,1H3;5-6,8H,3-4,7H2,1-2H3;2*1H;/q2*-1;;;+4/p-2. The largest absolute Gasteiger partial charge is 4.00 e. The molecular formula is C26H29Cl2HfP. The van der Waals surface area contributed by atoms with Crippen molar-refractivity contribution in [1.29, 1.82) is 0 Å². The van der Waals surface area contributed by atoms with Crippen LogP contribution in [0, 0.1) is 13.8 Å². The predicted molar refractivity (Wildman–Crippen MR) is 124 cm³/mol. The SMILES string of the molecule is CCCC[c-]1cccc1C.Cc1ccccc1Pc1cc2ccccc2[cH-]1.[Cl-].[Cl-].[Hf+4]. The first kappa shape index (κ1) is 29.3. The topological polar surface area (TPSA) is 0 Å². The second-order valence-corrected chi connectivity index (χ2v) is 8.52. The van der Waals surface area contributed by atoms with Crippen molar-refractivity contribution in [1.82, 2.24) is 0 Å². The van der Waals surface area contributed by atoms with E-state index in [1.54, 1.807) is 0 Å². The van der Waals surface area contributed by atoms with Crippen molar-refractivity contribution < 1.29 is 50.7 Å². The summed E-state index contributed by atoms with van der Waals surface area (Å²) in [5.74, 6) is 0. The summed E-state index contributed by atoms with van der Waals surface area (Å²) in [5, 5.41) is 5.58. The fourth-order valence-corrected chi connectivity index (χ4v) is 4.51. The molecule has 1 unspecified atom stereocenters. The third kappa shape index (κ3) is 8.43. The number of halogens is 2. The number of hydrogen-bond donors (Lipinski definition) is 0. The maximum absolute atomic E-state index is 2.31. The molecule has 30 heavy (non-hydrogen) atoms. The van der Waals surface area contributed by atoms with Crippen molar-refractivity contribution in [3.05, 3.63) is 95.6 Å². The Hall–Kier alpha value is -0.720. The van der Waals surface area contributed by atoms with Crippen LogP contribution in [0.4, 0.5) is 0 Å². The second kappa shape index (κ2) is 15.1. The zero-order valence-corrected chi connectivity index (χ0v) is 24.0. The van der Waals surface area contributed by atoms with Crippen molar-refractivity contribution >= 4 is 30.0 Å². The quantitative estimate of drug-likeness (QED) is 0.174. The van der Waals surface area contributed by atoms with Gasteiger partial charge in [0.15, 0.2) is 0 Å². The molecule has 156 valence electrons. The molecule has 0 spiro atoms. The minimum atomic E-state index is 0. The van der Waals surface area contributed by atoms with E-state index in [1.165, 1.54) is 57.3 Å². The second-order valence-electron chi connectivity index (χ2n) is 7.15. The summed E-state index contributed by atoms with van der Waals surface area (Å²) >= 11 is 0. The Morgan fingerprint density at radius 1 is 0.900 bits per heavy atom. The first-order valence-electron chi connectivity index (χ1n) is 9.86. The summed E-state index contributed by atoms with van der Waals surface area (Å²) < 4.78 is 0. The molecular weight excluding hydrogens is 593 g/mol. The molecule has 0 saturated heterocycles. The molecule has 0 aliphatic heterocycles. The van der Waals surface area contributed by atoms with Gasteiger partial charge < -0.3 is 24.8 Å². The van der Waals surface area contributed by atoms with Crippen LogP contribution >= 0.6 is 8.58 Å². The van der Waals surface area contributed by atoms with Gasteiger partial charge >= 0.3 is 25.8 Å². The van der Waals surface area contributed by atoms with Crippen molar-refractivity contribution in [3.63, 3.8) is 0 Å². The van der Waals surface area contributed by atoms with Crippen LogP contribution in [0.5, 0.6) is 0 Å². The number of fused-ring (bicyclic) bond motifs is 1. The van der Waals surface area contributed by atoms with Gasteiger partial charge in [0.05, 0.1) is 0 Å². The van der Waals surface area contributed by atoms with Gasteiger partial charge in [0, 0.05) is 0 Å². The summed E-state index contributed by atoms with van der Waals surface area (Å²) in [7, 11) is 0.759. The molecule has 0 aromatic heterocycles. The van der Waals surface area contributed by atoms with Gasteiger partial charge in [0.1, 0.15) is 0 Å². The van der Waals surface area contributed by atoms with Crippen LogP contribution in [0.25, 0.3) is 10.8 Å². The number of aryl methyl sites for hydroxylation is 3. The van der Waals surface area contributed by atoms with Crippen molar-refractivity contribution in [2.75, 3.05) is 0 Å². The number of unbranched alkanes of at least 4 members (excludes halogenated alkanes) is 1. The van der Waals surface area contributed by atoms with E-state index in [1.807, 2.05) is 0 Å². The van der Waals surface area contributed by atoms with E-state index in [2.05, 4.69) is 99.6 Å². The molecule has 4 aromatic carbocycles. The maximum Gasteiger partial charge on any atom is 4.00 e. The number of rotatable bonds is 5. The summed E-state index contributed by atoms with van der Waals surface area (Å²) in [5.41, 5.74) is 4.37. The average Bonchev–Trinajstić information content (AvgIpc) is 3.27. The van der Waals surface area contributed by atoms with Gasteiger partial charge in [0.25, 0.3) is 0 Å². The molecule has 0 saturated carbocycles. The molecule has 0 aliphatic carbocycles. The Balaban J connectivity index is 0.000000569. The molecule has 4 rings (SSSR count). The summed E-state index contributed by atoms with van der Waals surface area (Å²) in [6.45, 7) is 6.61. The van der Waals surface area contributed by atoms with Crippen LogP contribution in [-0.2, 0) is 32.3 Å². The van der Waals surface area contributed by atoms with Gasteiger partial charge in [-0.3, -0.25) is 0 Å². The van der Waals surface area contributed by atoms with Crippen LogP contribution in [0.2, 0.25) is 0 Å². The molecule has 1 atom stereocenters. The fraction of sp³-hybridized carbons (Fsp3) is 0.231. The van der Waals surface area contributed by atoms with E-state index < -0.39 is 0 Å². The van der Waals surface area contributed by atoms with E-state index in [0.29, 0.717) is 0 Å². The fourth-order valence-electron chi connectivity index (χ4n) is 3.29. The van der Waals surface area contributed by atoms with Crippen molar-refractivity contribution in [2.45, 2.75) is 40.0 Å². The Morgan fingerprint density at radius 3 is 2.23 bits per heavy atom. The predicted octanol–water partition coefficient (Wildman–Crippen LogP) is 0.558. The normalized spacial score (nSPS) is 9.97. The first-order chi connectivity index (χ1) is 13.2. The van der Waals surface area contributed by atoms with E-state index in [4.69, 9.17) is 0 Å². The molecule has 0 N–H and O–H groups in total. The van der Waals surface area contributed by atoms with Gasteiger partial charge in [-0.05, 0) is 17.8 Å². The van der Waals surface area contributed by atoms with Crippen molar-refractivity contribution in [3.8, 4) is 0 Å². The molecule has 4 heteroatoms. The molecule has 0 aliphatic rings. The zero-order valence-electron chi connectivity index (χ0n) is 17.9. The molecule has 0 radical (unpaired) electrons. The minimum Gasteiger partial charge on any atom is -1.00 e. The van der Waals surface area contributed by atoms with Gasteiger partial charge in [-0.2, -0.15) is 23.3 Å². The number of hydrogen-bond acceptors (Lipinski definition) is 0.